The molecule has 0 amide bonds. The van der Waals surface area contributed by atoms with Crippen molar-refractivity contribution in [3.8, 4) is 11.3 Å². The standard InChI is InChI=1S/C16H8Cl3NO/c17-10-6-4-9(5-7-10)14-8-12(16(19)21)11-2-1-3-13(18)15(11)20-14/h1-8H. The molecule has 0 unspecified atom stereocenters. The fourth-order valence-electron chi connectivity index (χ4n) is 2.14. The number of hydrogen-bond acceptors (Lipinski definition) is 2. The second-order valence-corrected chi connectivity index (χ2v) is 5.66. The van der Waals surface area contributed by atoms with E-state index in [0.717, 1.165) is 5.56 Å². The van der Waals surface area contributed by atoms with Crippen molar-refractivity contribution >= 4 is 50.9 Å². The molecule has 1 aromatic heterocycles. The molecule has 0 bridgehead atoms. The number of aromatic nitrogens is 1. The maximum atomic E-state index is 11.7. The first kappa shape index (κ1) is 14.3. The molecule has 0 aliphatic rings. The number of para-hydroxylation sites is 1. The minimum absolute atomic E-state index is 0.383. The Morgan fingerprint density at radius 3 is 2.38 bits per heavy atom. The van der Waals surface area contributed by atoms with E-state index >= 15 is 0 Å². The lowest BCUT2D eigenvalue weighted by molar-refractivity contribution is 0.108. The van der Waals surface area contributed by atoms with Gasteiger partial charge in [-0.3, -0.25) is 4.79 Å². The minimum atomic E-state index is -0.542. The lowest BCUT2D eigenvalue weighted by atomic mass is 10.0. The predicted octanol–water partition coefficient (Wildman–Crippen LogP) is 5.59. The summed E-state index contributed by atoms with van der Waals surface area (Å²) >= 11 is 17.8. The Hall–Kier alpha value is -1.61. The first-order valence-electron chi connectivity index (χ1n) is 6.11. The van der Waals surface area contributed by atoms with Gasteiger partial charge in [0.05, 0.1) is 16.2 Å². The van der Waals surface area contributed by atoms with Gasteiger partial charge in [0.15, 0.2) is 0 Å². The molecule has 0 aliphatic heterocycles. The van der Waals surface area contributed by atoms with E-state index in [4.69, 9.17) is 34.8 Å². The van der Waals surface area contributed by atoms with Crippen LogP contribution in [0.5, 0.6) is 0 Å². The van der Waals surface area contributed by atoms with Crippen LogP contribution in [0.3, 0.4) is 0 Å². The van der Waals surface area contributed by atoms with E-state index in [0.29, 0.717) is 32.2 Å². The van der Waals surface area contributed by atoms with Crippen molar-refractivity contribution in [3.05, 3.63) is 64.1 Å². The first-order chi connectivity index (χ1) is 10.1. The van der Waals surface area contributed by atoms with Crippen molar-refractivity contribution in [3.63, 3.8) is 0 Å². The summed E-state index contributed by atoms with van der Waals surface area (Å²) in [5, 5.41) is 1.20. The highest BCUT2D eigenvalue weighted by Crippen LogP contribution is 2.30. The summed E-state index contributed by atoms with van der Waals surface area (Å²) in [5.41, 5.74) is 2.39. The zero-order chi connectivity index (χ0) is 15.0. The topological polar surface area (TPSA) is 30.0 Å². The summed E-state index contributed by atoms with van der Waals surface area (Å²) in [5.74, 6) is 0. The molecule has 104 valence electrons. The number of pyridine rings is 1. The van der Waals surface area contributed by atoms with Crippen LogP contribution >= 0.6 is 34.8 Å². The largest absolute Gasteiger partial charge is 0.276 e. The Labute approximate surface area is 136 Å². The van der Waals surface area contributed by atoms with Gasteiger partial charge in [0.2, 0.25) is 0 Å². The number of hydrogen-bond donors (Lipinski definition) is 0. The average molecular weight is 337 g/mol. The molecule has 0 saturated heterocycles. The van der Waals surface area contributed by atoms with Gasteiger partial charge >= 0.3 is 0 Å². The number of carbonyl (C=O) groups is 1. The summed E-state index contributed by atoms with van der Waals surface area (Å²) in [6.45, 7) is 0. The van der Waals surface area contributed by atoms with Crippen molar-refractivity contribution in [1.29, 1.82) is 0 Å². The number of nitrogens with zero attached hydrogens (tertiary/aromatic N) is 1. The molecule has 0 aliphatic carbocycles. The van der Waals surface area contributed by atoms with Gasteiger partial charge in [-0.15, -0.1) is 0 Å². The van der Waals surface area contributed by atoms with Crippen LogP contribution in [-0.2, 0) is 0 Å². The van der Waals surface area contributed by atoms with Crippen LogP contribution in [0.25, 0.3) is 22.2 Å². The van der Waals surface area contributed by atoms with Gasteiger partial charge in [-0.1, -0.05) is 47.5 Å². The van der Waals surface area contributed by atoms with Crippen LogP contribution in [0.2, 0.25) is 10.0 Å². The molecular formula is C16H8Cl3NO. The SMILES string of the molecule is O=C(Cl)c1cc(-c2ccc(Cl)cc2)nc2c(Cl)cccc12. The maximum absolute atomic E-state index is 11.7. The summed E-state index contributed by atoms with van der Waals surface area (Å²) in [6, 6.07) is 14.1. The fourth-order valence-corrected chi connectivity index (χ4v) is 2.64. The Balaban J connectivity index is 2.32. The van der Waals surface area contributed by atoms with E-state index in [1.54, 1.807) is 36.4 Å². The van der Waals surface area contributed by atoms with E-state index < -0.39 is 5.24 Å². The minimum Gasteiger partial charge on any atom is -0.276 e. The molecule has 21 heavy (non-hydrogen) atoms. The molecule has 2 aromatic carbocycles. The Bertz CT molecular complexity index is 844. The van der Waals surface area contributed by atoms with E-state index in [-0.39, 0.29) is 0 Å². The van der Waals surface area contributed by atoms with Crippen LogP contribution in [-0.4, -0.2) is 10.2 Å². The van der Waals surface area contributed by atoms with Crippen molar-refractivity contribution in [2.45, 2.75) is 0 Å². The van der Waals surface area contributed by atoms with E-state index in [9.17, 15) is 4.79 Å². The summed E-state index contributed by atoms with van der Waals surface area (Å²) < 4.78 is 0. The molecule has 0 atom stereocenters. The third kappa shape index (κ3) is 2.75. The average Bonchev–Trinajstić information content (AvgIpc) is 2.47. The number of fused-ring (bicyclic) bond motifs is 1. The number of benzene rings is 2. The third-order valence-electron chi connectivity index (χ3n) is 3.14. The van der Waals surface area contributed by atoms with Crippen LogP contribution in [0.4, 0.5) is 0 Å². The second kappa shape index (κ2) is 5.64. The van der Waals surface area contributed by atoms with Gasteiger partial charge in [-0.05, 0) is 35.9 Å². The molecule has 3 aromatic rings. The molecule has 0 spiro atoms. The van der Waals surface area contributed by atoms with Crippen LogP contribution in [0, 0.1) is 0 Å². The molecule has 0 saturated carbocycles. The molecule has 5 heteroatoms. The quantitative estimate of drug-likeness (QED) is 0.571. The smallest absolute Gasteiger partial charge is 0.253 e. The van der Waals surface area contributed by atoms with E-state index in [1.165, 1.54) is 0 Å². The lowest BCUT2D eigenvalue weighted by Crippen LogP contribution is -1.96. The van der Waals surface area contributed by atoms with Gasteiger partial charge in [0, 0.05) is 21.5 Å². The van der Waals surface area contributed by atoms with Gasteiger partial charge in [0.1, 0.15) is 0 Å². The highest BCUT2D eigenvalue weighted by atomic mass is 35.5. The molecule has 1 heterocycles. The molecule has 2 nitrogen and oxygen atoms in total. The third-order valence-corrected chi connectivity index (χ3v) is 3.90. The van der Waals surface area contributed by atoms with Crippen molar-refractivity contribution in [2.75, 3.05) is 0 Å². The molecular weight excluding hydrogens is 329 g/mol. The monoisotopic (exact) mass is 335 g/mol. The van der Waals surface area contributed by atoms with Gasteiger partial charge in [-0.2, -0.15) is 0 Å². The van der Waals surface area contributed by atoms with Crippen LogP contribution < -0.4 is 0 Å². The predicted molar refractivity (Wildman–Crippen MR) is 87.4 cm³/mol. The summed E-state index contributed by atoms with van der Waals surface area (Å²) in [4.78, 5) is 16.2. The Kier molecular flexibility index (Phi) is 3.85. The second-order valence-electron chi connectivity index (χ2n) is 4.47. The van der Waals surface area contributed by atoms with E-state index in [2.05, 4.69) is 4.98 Å². The van der Waals surface area contributed by atoms with Crippen molar-refractivity contribution in [2.24, 2.45) is 0 Å². The fraction of sp³-hybridized carbons (Fsp3) is 0. The Morgan fingerprint density at radius 2 is 1.71 bits per heavy atom. The summed E-state index contributed by atoms with van der Waals surface area (Å²) in [6.07, 6.45) is 0. The van der Waals surface area contributed by atoms with Gasteiger partial charge < -0.3 is 0 Å². The summed E-state index contributed by atoms with van der Waals surface area (Å²) in [7, 11) is 0. The normalized spacial score (nSPS) is 10.8. The Morgan fingerprint density at radius 1 is 1.00 bits per heavy atom. The molecule has 3 rings (SSSR count). The lowest BCUT2D eigenvalue weighted by Gasteiger charge is -2.08. The van der Waals surface area contributed by atoms with Crippen LogP contribution in [0.1, 0.15) is 10.4 Å². The highest BCUT2D eigenvalue weighted by Gasteiger charge is 2.13. The number of rotatable bonds is 2. The maximum Gasteiger partial charge on any atom is 0.253 e. The van der Waals surface area contributed by atoms with Crippen molar-refractivity contribution in [1.82, 2.24) is 4.98 Å². The van der Waals surface area contributed by atoms with Crippen LogP contribution in [0.15, 0.2) is 48.5 Å². The van der Waals surface area contributed by atoms with Gasteiger partial charge in [0.25, 0.3) is 5.24 Å². The van der Waals surface area contributed by atoms with E-state index in [1.807, 2.05) is 12.1 Å². The van der Waals surface area contributed by atoms with Gasteiger partial charge in [-0.25, -0.2) is 4.98 Å². The highest BCUT2D eigenvalue weighted by molar-refractivity contribution is 6.68. The van der Waals surface area contributed by atoms with Crippen molar-refractivity contribution < 1.29 is 4.79 Å². The zero-order valence-electron chi connectivity index (χ0n) is 10.6. The molecule has 0 radical (unpaired) electrons. The number of halogens is 3. The molecule has 0 N–H and O–H groups in total. The number of carbonyl (C=O) groups excluding carboxylic acids is 1. The first-order valence-corrected chi connectivity index (χ1v) is 7.24. The molecule has 0 fully saturated rings. The zero-order valence-corrected chi connectivity index (χ0v) is 12.9.